The third kappa shape index (κ3) is 4.33. The number of amides is 2. The van der Waals surface area contributed by atoms with E-state index in [4.69, 9.17) is 4.74 Å². The number of methoxy groups -OCH3 is 1. The number of para-hydroxylation sites is 2. The molecule has 0 saturated heterocycles. The number of ether oxygens (including phenoxy) is 1. The van der Waals surface area contributed by atoms with Crippen molar-refractivity contribution in [1.82, 2.24) is 5.32 Å². The van der Waals surface area contributed by atoms with E-state index in [1.165, 1.54) is 18.3 Å². The van der Waals surface area contributed by atoms with E-state index in [0.717, 1.165) is 4.88 Å². The maximum Gasteiger partial charge on any atom is 0.226 e. The fourth-order valence-corrected chi connectivity index (χ4v) is 2.87. The number of carbonyl (C=O) groups is 2. The van der Waals surface area contributed by atoms with E-state index in [1.54, 1.807) is 19.2 Å². The molecule has 0 saturated carbocycles. The van der Waals surface area contributed by atoms with E-state index >= 15 is 0 Å². The maximum absolute atomic E-state index is 12.3. The quantitative estimate of drug-likeness (QED) is 0.860. The minimum atomic E-state index is -0.327. The molecule has 0 aliphatic rings. The summed E-state index contributed by atoms with van der Waals surface area (Å²) in [5.74, 6) is 0.253. The first-order valence-corrected chi connectivity index (χ1v) is 7.71. The van der Waals surface area contributed by atoms with Crippen molar-refractivity contribution in [2.75, 3.05) is 12.4 Å². The summed E-state index contributed by atoms with van der Waals surface area (Å²) in [7, 11) is 1.55. The molecule has 1 aromatic carbocycles. The zero-order chi connectivity index (χ0) is 15.9. The molecule has 2 aromatic rings. The van der Waals surface area contributed by atoms with Crippen molar-refractivity contribution >= 4 is 28.8 Å². The molecule has 2 amide bonds. The van der Waals surface area contributed by atoms with Crippen LogP contribution in [0.3, 0.4) is 0 Å². The molecule has 1 heterocycles. The van der Waals surface area contributed by atoms with E-state index in [9.17, 15) is 9.59 Å². The van der Waals surface area contributed by atoms with Crippen LogP contribution in [0.1, 0.15) is 24.3 Å². The molecule has 0 spiro atoms. The molecule has 116 valence electrons. The molecule has 1 aromatic heterocycles. The zero-order valence-electron chi connectivity index (χ0n) is 12.5. The van der Waals surface area contributed by atoms with Crippen LogP contribution < -0.4 is 15.4 Å². The van der Waals surface area contributed by atoms with Gasteiger partial charge in [0.1, 0.15) is 5.75 Å². The Morgan fingerprint density at radius 1 is 1.23 bits per heavy atom. The minimum absolute atomic E-state index is 0.163. The van der Waals surface area contributed by atoms with Crippen LogP contribution in [0.4, 0.5) is 5.69 Å². The molecular weight excluding hydrogens is 300 g/mol. The average molecular weight is 318 g/mol. The van der Waals surface area contributed by atoms with Gasteiger partial charge in [0.05, 0.1) is 25.3 Å². The van der Waals surface area contributed by atoms with Gasteiger partial charge in [0.15, 0.2) is 0 Å². The number of anilines is 1. The van der Waals surface area contributed by atoms with Gasteiger partial charge in [-0.05, 0) is 23.6 Å². The molecule has 0 bridgehead atoms. The van der Waals surface area contributed by atoms with Crippen molar-refractivity contribution in [2.45, 2.75) is 19.4 Å². The summed E-state index contributed by atoms with van der Waals surface area (Å²) in [5.41, 5.74) is 0.614. The molecule has 22 heavy (non-hydrogen) atoms. The van der Waals surface area contributed by atoms with Crippen molar-refractivity contribution in [2.24, 2.45) is 0 Å². The topological polar surface area (TPSA) is 67.4 Å². The standard InChI is InChI=1S/C16H18N2O3S/c1-11(19)17-13(15-8-5-9-22-15)10-16(20)18-12-6-3-4-7-14(12)21-2/h3-9,13H,10H2,1-2H3,(H,17,19)(H,18,20)/t13-/m0/s1. The lowest BCUT2D eigenvalue weighted by Crippen LogP contribution is -2.29. The van der Waals surface area contributed by atoms with Crippen molar-refractivity contribution < 1.29 is 14.3 Å². The van der Waals surface area contributed by atoms with Crippen molar-refractivity contribution in [3.05, 3.63) is 46.7 Å². The molecule has 0 radical (unpaired) electrons. The van der Waals surface area contributed by atoms with Crippen LogP contribution in [0, 0.1) is 0 Å². The molecule has 2 N–H and O–H groups in total. The summed E-state index contributed by atoms with van der Waals surface area (Å²) in [6, 6.07) is 10.7. The van der Waals surface area contributed by atoms with Gasteiger partial charge in [0.2, 0.25) is 11.8 Å². The lowest BCUT2D eigenvalue weighted by Gasteiger charge is -2.17. The molecule has 1 atom stereocenters. The fraction of sp³-hybridized carbons (Fsp3) is 0.250. The maximum atomic E-state index is 12.3. The van der Waals surface area contributed by atoms with Gasteiger partial charge in [-0.15, -0.1) is 11.3 Å². The van der Waals surface area contributed by atoms with Crippen LogP contribution in [-0.4, -0.2) is 18.9 Å². The van der Waals surface area contributed by atoms with Gasteiger partial charge in [-0.3, -0.25) is 9.59 Å². The van der Waals surface area contributed by atoms with Gasteiger partial charge in [-0.25, -0.2) is 0 Å². The Hall–Kier alpha value is -2.34. The zero-order valence-corrected chi connectivity index (χ0v) is 13.3. The average Bonchev–Trinajstić information content (AvgIpc) is 3.01. The first kappa shape index (κ1) is 16.0. The molecule has 0 unspecified atom stereocenters. The van der Waals surface area contributed by atoms with Gasteiger partial charge >= 0.3 is 0 Å². The Morgan fingerprint density at radius 3 is 2.64 bits per heavy atom. The largest absolute Gasteiger partial charge is 0.495 e. The van der Waals surface area contributed by atoms with E-state index in [2.05, 4.69) is 10.6 Å². The monoisotopic (exact) mass is 318 g/mol. The number of benzene rings is 1. The Morgan fingerprint density at radius 2 is 2.00 bits per heavy atom. The summed E-state index contributed by atoms with van der Waals surface area (Å²) < 4.78 is 5.21. The second-order valence-electron chi connectivity index (χ2n) is 4.72. The molecule has 5 nitrogen and oxygen atoms in total. The first-order valence-electron chi connectivity index (χ1n) is 6.83. The number of rotatable bonds is 6. The summed E-state index contributed by atoms with van der Waals surface area (Å²) in [5, 5.41) is 7.54. The predicted octanol–water partition coefficient (Wildman–Crippen LogP) is 2.96. The summed E-state index contributed by atoms with van der Waals surface area (Å²) in [6.45, 7) is 1.44. The Bertz CT molecular complexity index is 641. The second kappa shape index (κ2) is 7.61. The summed E-state index contributed by atoms with van der Waals surface area (Å²) >= 11 is 1.51. The fourth-order valence-electron chi connectivity index (χ4n) is 2.09. The van der Waals surface area contributed by atoms with Gasteiger partial charge in [0, 0.05) is 11.8 Å². The molecule has 0 fully saturated rings. The molecular formula is C16H18N2O3S. The van der Waals surface area contributed by atoms with E-state index in [1.807, 2.05) is 29.6 Å². The van der Waals surface area contributed by atoms with Crippen LogP contribution in [0.5, 0.6) is 5.75 Å². The van der Waals surface area contributed by atoms with Gasteiger partial charge in [0.25, 0.3) is 0 Å². The van der Waals surface area contributed by atoms with Crippen molar-refractivity contribution in [3.63, 3.8) is 0 Å². The lowest BCUT2D eigenvalue weighted by molar-refractivity contribution is -0.120. The van der Waals surface area contributed by atoms with Crippen LogP contribution in [0.2, 0.25) is 0 Å². The van der Waals surface area contributed by atoms with Crippen LogP contribution in [0.25, 0.3) is 0 Å². The second-order valence-corrected chi connectivity index (χ2v) is 5.70. The van der Waals surface area contributed by atoms with Gasteiger partial charge in [-0.2, -0.15) is 0 Å². The third-order valence-electron chi connectivity index (χ3n) is 3.03. The Kier molecular flexibility index (Phi) is 5.55. The number of hydrogen-bond donors (Lipinski definition) is 2. The van der Waals surface area contributed by atoms with E-state index < -0.39 is 0 Å². The van der Waals surface area contributed by atoms with Gasteiger partial charge in [-0.1, -0.05) is 18.2 Å². The lowest BCUT2D eigenvalue weighted by atomic mass is 10.1. The van der Waals surface area contributed by atoms with E-state index in [-0.39, 0.29) is 24.3 Å². The highest BCUT2D eigenvalue weighted by atomic mass is 32.1. The Balaban J connectivity index is 2.06. The summed E-state index contributed by atoms with van der Waals surface area (Å²) in [4.78, 5) is 24.5. The predicted molar refractivity (Wildman–Crippen MR) is 87.1 cm³/mol. The number of hydrogen-bond acceptors (Lipinski definition) is 4. The van der Waals surface area contributed by atoms with Crippen LogP contribution >= 0.6 is 11.3 Å². The van der Waals surface area contributed by atoms with Crippen LogP contribution in [0.15, 0.2) is 41.8 Å². The van der Waals surface area contributed by atoms with Crippen LogP contribution in [-0.2, 0) is 9.59 Å². The number of thiophene rings is 1. The number of carbonyl (C=O) groups excluding carboxylic acids is 2. The molecule has 6 heteroatoms. The first-order chi connectivity index (χ1) is 10.6. The Labute approximate surface area is 133 Å². The highest BCUT2D eigenvalue weighted by molar-refractivity contribution is 7.10. The molecule has 0 aliphatic heterocycles. The van der Waals surface area contributed by atoms with Crippen molar-refractivity contribution in [1.29, 1.82) is 0 Å². The van der Waals surface area contributed by atoms with Crippen molar-refractivity contribution in [3.8, 4) is 5.75 Å². The van der Waals surface area contributed by atoms with E-state index in [0.29, 0.717) is 11.4 Å². The third-order valence-corrected chi connectivity index (χ3v) is 4.02. The minimum Gasteiger partial charge on any atom is -0.495 e. The summed E-state index contributed by atoms with van der Waals surface area (Å²) in [6.07, 6.45) is 0.165. The SMILES string of the molecule is COc1ccccc1NC(=O)C[C@H](NC(C)=O)c1cccs1. The normalized spacial score (nSPS) is 11.5. The number of nitrogens with one attached hydrogen (secondary N) is 2. The van der Waals surface area contributed by atoms with Gasteiger partial charge < -0.3 is 15.4 Å². The highest BCUT2D eigenvalue weighted by Crippen LogP contribution is 2.26. The molecule has 2 rings (SSSR count). The highest BCUT2D eigenvalue weighted by Gasteiger charge is 2.18. The smallest absolute Gasteiger partial charge is 0.226 e. The molecule has 0 aliphatic carbocycles.